The van der Waals surface area contributed by atoms with Crippen molar-refractivity contribution in [1.29, 1.82) is 0 Å². The van der Waals surface area contributed by atoms with Crippen LogP contribution in [0.5, 0.6) is 5.75 Å². The number of benzene rings is 2. The summed E-state index contributed by atoms with van der Waals surface area (Å²) in [5.41, 5.74) is 2.21. The fourth-order valence-electron chi connectivity index (χ4n) is 2.18. The van der Waals surface area contributed by atoms with E-state index < -0.39 is 0 Å². The van der Waals surface area contributed by atoms with E-state index in [0.717, 1.165) is 16.3 Å². The van der Waals surface area contributed by atoms with Crippen molar-refractivity contribution in [2.24, 2.45) is 0 Å². The van der Waals surface area contributed by atoms with Crippen LogP contribution in [0, 0.1) is 5.82 Å². The molecule has 1 amide bonds. The highest BCUT2D eigenvalue weighted by Crippen LogP contribution is 2.23. The van der Waals surface area contributed by atoms with E-state index in [1.165, 1.54) is 35.6 Å². The monoisotopic (exact) mass is 342 g/mol. The van der Waals surface area contributed by atoms with Gasteiger partial charge in [-0.25, -0.2) is 9.37 Å². The molecule has 0 bridgehead atoms. The standard InChI is InChI=1S/C18H15FN2O2S/c19-14-5-1-13(2-6-14)18(23)20-10-9-17-21-16(11-24-17)12-3-7-15(22)8-4-12/h1-8,11,22H,9-10H2,(H,20,23). The van der Waals surface area contributed by atoms with E-state index in [-0.39, 0.29) is 17.5 Å². The Morgan fingerprint density at radius 1 is 1.12 bits per heavy atom. The van der Waals surface area contributed by atoms with Crippen molar-refractivity contribution in [2.75, 3.05) is 6.54 Å². The maximum absolute atomic E-state index is 12.8. The van der Waals surface area contributed by atoms with Crippen molar-refractivity contribution >= 4 is 17.2 Å². The molecule has 0 saturated heterocycles. The molecule has 3 aromatic rings. The first-order valence-corrected chi connectivity index (χ1v) is 8.27. The minimum absolute atomic E-state index is 0.220. The number of rotatable bonds is 5. The molecule has 0 aliphatic heterocycles. The lowest BCUT2D eigenvalue weighted by molar-refractivity contribution is 0.0954. The Morgan fingerprint density at radius 3 is 2.54 bits per heavy atom. The molecule has 0 saturated carbocycles. The Bertz CT molecular complexity index is 829. The number of aromatic hydroxyl groups is 1. The maximum atomic E-state index is 12.8. The quantitative estimate of drug-likeness (QED) is 0.744. The molecule has 3 rings (SSSR count). The highest BCUT2D eigenvalue weighted by Gasteiger charge is 2.07. The smallest absolute Gasteiger partial charge is 0.251 e. The number of thiazole rings is 1. The van der Waals surface area contributed by atoms with Crippen LogP contribution in [-0.2, 0) is 6.42 Å². The van der Waals surface area contributed by atoms with Gasteiger partial charge in [-0.15, -0.1) is 11.3 Å². The normalized spacial score (nSPS) is 10.5. The maximum Gasteiger partial charge on any atom is 0.251 e. The van der Waals surface area contributed by atoms with Crippen LogP contribution in [0.1, 0.15) is 15.4 Å². The van der Waals surface area contributed by atoms with Gasteiger partial charge in [-0.3, -0.25) is 4.79 Å². The van der Waals surface area contributed by atoms with Crippen LogP contribution >= 0.6 is 11.3 Å². The number of carbonyl (C=O) groups excluding carboxylic acids is 1. The Balaban J connectivity index is 1.55. The Morgan fingerprint density at radius 2 is 1.83 bits per heavy atom. The molecule has 0 atom stereocenters. The average molecular weight is 342 g/mol. The lowest BCUT2D eigenvalue weighted by Crippen LogP contribution is -2.25. The average Bonchev–Trinajstić information content (AvgIpc) is 3.05. The predicted octanol–water partition coefficient (Wildman–Crippen LogP) is 3.63. The predicted molar refractivity (Wildman–Crippen MR) is 91.7 cm³/mol. The van der Waals surface area contributed by atoms with Gasteiger partial charge in [0.15, 0.2) is 0 Å². The van der Waals surface area contributed by atoms with Crippen molar-refractivity contribution in [3.05, 3.63) is 70.3 Å². The summed E-state index contributed by atoms with van der Waals surface area (Å²) in [6, 6.07) is 12.3. The molecule has 0 aliphatic carbocycles. The topological polar surface area (TPSA) is 62.2 Å². The van der Waals surface area contributed by atoms with Gasteiger partial charge in [-0.2, -0.15) is 0 Å². The second kappa shape index (κ2) is 7.23. The number of phenolic OH excluding ortho intramolecular Hbond substituents is 1. The summed E-state index contributed by atoms with van der Waals surface area (Å²) in [6.07, 6.45) is 0.621. The van der Waals surface area contributed by atoms with Gasteiger partial charge >= 0.3 is 0 Å². The Hall–Kier alpha value is -2.73. The molecule has 122 valence electrons. The molecule has 0 fully saturated rings. The number of amides is 1. The summed E-state index contributed by atoms with van der Waals surface area (Å²) >= 11 is 1.52. The van der Waals surface area contributed by atoms with Gasteiger partial charge < -0.3 is 10.4 Å². The van der Waals surface area contributed by atoms with Crippen molar-refractivity contribution in [1.82, 2.24) is 10.3 Å². The molecule has 24 heavy (non-hydrogen) atoms. The van der Waals surface area contributed by atoms with Crippen LogP contribution in [0.15, 0.2) is 53.9 Å². The number of nitrogens with one attached hydrogen (secondary N) is 1. The van der Waals surface area contributed by atoms with E-state index in [1.54, 1.807) is 12.1 Å². The van der Waals surface area contributed by atoms with E-state index >= 15 is 0 Å². The van der Waals surface area contributed by atoms with Crippen LogP contribution in [0.2, 0.25) is 0 Å². The van der Waals surface area contributed by atoms with Crippen LogP contribution < -0.4 is 5.32 Å². The summed E-state index contributed by atoms with van der Waals surface area (Å²) in [7, 11) is 0. The minimum Gasteiger partial charge on any atom is -0.508 e. The van der Waals surface area contributed by atoms with Gasteiger partial charge in [0, 0.05) is 29.5 Å². The molecule has 0 spiro atoms. The fraction of sp³-hybridized carbons (Fsp3) is 0.111. The molecule has 0 radical (unpaired) electrons. The fourth-order valence-corrected chi connectivity index (χ4v) is 2.98. The van der Waals surface area contributed by atoms with Crippen LogP contribution in [0.25, 0.3) is 11.3 Å². The van der Waals surface area contributed by atoms with Crippen LogP contribution in [0.3, 0.4) is 0 Å². The van der Waals surface area contributed by atoms with Gasteiger partial charge in [-0.1, -0.05) is 0 Å². The number of carbonyl (C=O) groups is 1. The molecule has 4 nitrogen and oxygen atoms in total. The minimum atomic E-state index is -0.365. The highest BCUT2D eigenvalue weighted by atomic mass is 32.1. The third-order valence-electron chi connectivity index (χ3n) is 3.45. The first kappa shape index (κ1) is 16.1. The number of nitrogens with zero attached hydrogens (tertiary/aromatic N) is 1. The molecule has 0 aliphatic rings. The highest BCUT2D eigenvalue weighted by molar-refractivity contribution is 7.09. The van der Waals surface area contributed by atoms with E-state index in [9.17, 15) is 14.3 Å². The van der Waals surface area contributed by atoms with Gasteiger partial charge in [0.2, 0.25) is 0 Å². The van der Waals surface area contributed by atoms with Crippen LogP contribution in [-0.4, -0.2) is 22.5 Å². The van der Waals surface area contributed by atoms with E-state index in [4.69, 9.17) is 0 Å². The third-order valence-corrected chi connectivity index (χ3v) is 4.35. The third kappa shape index (κ3) is 3.97. The molecular formula is C18H15FN2O2S. The summed E-state index contributed by atoms with van der Waals surface area (Å²) in [5.74, 6) is -0.376. The first-order chi connectivity index (χ1) is 11.6. The molecular weight excluding hydrogens is 327 g/mol. The number of phenols is 1. The number of hydrogen-bond acceptors (Lipinski definition) is 4. The molecule has 1 aromatic heterocycles. The lowest BCUT2D eigenvalue weighted by Gasteiger charge is -2.03. The van der Waals surface area contributed by atoms with Crippen LogP contribution in [0.4, 0.5) is 4.39 Å². The van der Waals surface area contributed by atoms with Gasteiger partial charge in [0.05, 0.1) is 10.7 Å². The Kier molecular flexibility index (Phi) is 4.86. The molecule has 2 N–H and O–H groups in total. The Labute approximate surface area is 142 Å². The summed E-state index contributed by atoms with van der Waals surface area (Å²) < 4.78 is 12.8. The van der Waals surface area contributed by atoms with Crippen molar-refractivity contribution in [3.63, 3.8) is 0 Å². The zero-order valence-electron chi connectivity index (χ0n) is 12.7. The first-order valence-electron chi connectivity index (χ1n) is 7.39. The van der Waals surface area contributed by atoms with Crippen molar-refractivity contribution in [3.8, 4) is 17.0 Å². The second-order valence-electron chi connectivity index (χ2n) is 5.19. The molecule has 0 unspecified atom stereocenters. The lowest BCUT2D eigenvalue weighted by atomic mass is 10.2. The molecule has 2 aromatic carbocycles. The van der Waals surface area contributed by atoms with E-state index in [1.807, 2.05) is 17.5 Å². The zero-order chi connectivity index (χ0) is 16.9. The summed E-state index contributed by atoms with van der Waals surface area (Å²) in [6.45, 7) is 0.457. The van der Waals surface area contributed by atoms with Crippen molar-refractivity contribution < 1.29 is 14.3 Å². The van der Waals surface area contributed by atoms with Gasteiger partial charge in [-0.05, 0) is 48.5 Å². The van der Waals surface area contributed by atoms with E-state index in [0.29, 0.717) is 18.5 Å². The van der Waals surface area contributed by atoms with Crippen molar-refractivity contribution in [2.45, 2.75) is 6.42 Å². The summed E-state index contributed by atoms with van der Waals surface area (Å²) in [4.78, 5) is 16.5. The SMILES string of the molecule is O=C(NCCc1nc(-c2ccc(O)cc2)cs1)c1ccc(F)cc1. The second-order valence-corrected chi connectivity index (χ2v) is 6.13. The van der Waals surface area contributed by atoms with Gasteiger partial charge in [0.1, 0.15) is 11.6 Å². The number of aromatic nitrogens is 1. The number of halogens is 1. The molecule has 6 heteroatoms. The van der Waals surface area contributed by atoms with E-state index in [2.05, 4.69) is 10.3 Å². The largest absolute Gasteiger partial charge is 0.508 e. The zero-order valence-corrected chi connectivity index (χ0v) is 13.5. The van der Waals surface area contributed by atoms with Gasteiger partial charge in [0.25, 0.3) is 5.91 Å². The summed E-state index contributed by atoms with van der Waals surface area (Å²) in [5, 5.41) is 15.0. The molecule has 1 heterocycles. The number of hydrogen-bond donors (Lipinski definition) is 2.